The predicted octanol–water partition coefficient (Wildman–Crippen LogP) is 4.41. The minimum absolute atomic E-state index is 0.0273. The summed E-state index contributed by atoms with van der Waals surface area (Å²) in [6.45, 7) is 1.58. The van der Waals surface area contributed by atoms with Crippen molar-refractivity contribution >= 4 is 43.2 Å². The van der Waals surface area contributed by atoms with Crippen molar-refractivity contribution in [3.05, 3.63) is 68.4 Å². The fourth-order valence-electron chi connectivity index (χ4n) is 2.01. The molecule has 0 amide bonds. The van der Waals surface area contributed by atoms with Crippen LogP contribution in [0.2, 0.25) is 5.02 Å². The Kier molecular flexibility index (Phi) is 5.60. The quantitative estimate of drug-likeness (QED) is 0.675. The summed E-state index contributed by atoms with van der Waals surface area (Å²) in [5.41, 5.74) is 1.10. The van der Waals surface area contributed by atoms with Gasteiger partial charge in [0.05, 0.1) is 10.8 Å². The van der Waals surface area contributed by atoms with E-state index >= 15 is 0 Å². The summed E-state index contributed by atoms with van der Waals surface area (Å²) in [4.78, 5) is 12.5. The van der Waals surface area contributed by atoms with Gasteiger partial charge in [0.2, 0.25) is 0 Å². The molecule has 0 radical (unpaired) electrons. The molecule has 122 valence electrons. The summed E-state index contributed by atoms with van der Waals surface area (Å²) >= 11 is 9.19. The highest BCUT2D eigenvalue weighted by Crippen LogP contribution is 2.26. The molecule has 0 spiro atoms. The summed E-state index contributed by atoms with van der Waals surface area (Å²) in [5.74, 6) is -0.929. The Labute approximate surface area is 147 Å². The maximum atomic E-state index is 13.1. The first-order chi connectivity index (χ1) is 10.7. The summed E-state index contributed by atoms with van der Waals surface area (Å²) in [6, 6.07) is 8.27. The SMILES string of the molecule is CCS(=O)(=O)Cc1ccc(C(=O)c2ccc(F)cc2Cl)c(Br)c1. The van der Waals surface area contributed by atoms with E-state index in [1.165, 1.54) is 12.1 Å². The van der Waals surface area contributed by atoms with Crippen LogP contribution in [-0.4, -0.2) is 20.0 Å². The summed E-state index contributed by atoms with van der Waals surface area (Å²) in [7, 11) is -3.15. The molecule has 0 aliphatic heterocycles. The molecule has 0 saturated carbocycles. The molecule has 0 aliphatic rings. The van der Waals surface area contributed by atoms with Crippen LogP contribution in [0.25, 0.3) is 0 Å². The van der Waals surface area contributed by atoms with E-state index in [0.717, 1.165) is 12.1 Å². The van der Waals surface area contributed by atoms with Crippen LogP contribution in [0.15, 0.2) is 40.9 Å². The summed E-state index contributed by atoms with van der Waals surface area (Å²) < 4.78 is 36.9. The van der Waals surface area contributed by atoms with Gasteiger partial charge in [-0.05, 0) is 35.9 Å². The van der Waals surface area contributed by atoms with Gasteiger partial charge in [0, 0.05) is 21.4 Å². The molecular weight excluding hydrogens is 407 g/mol. The average molecular weight is 420 g/mol. The molecule has 23 heavy (non-hydrogen) atoms. The highest BCUT2D eigenvalue weighted by atomic mass is 79.9. The molecule has 0 N–H and O–H groups in total. The molecule has 0 saturated heterocycles. The Morgan fingerprint density at radius 1 is 1.17 bits per heavy atom. The largest absolute Gasteiger partial charge is 0.289 e. The van der Waals surface area contributed by atoms with Crippen LogP contribution in [0, 0.1) is 5.82 Å². The second-order valence-electron chi connectivity index (χ2n) is 4.94. The van der Waals surface area contributed by atoms with Gasteiger partial charge in [0.25, 0.3) is 0 Å². The van der Waals surface area contributed by atoms with Crippen molar-refractivity contribution in [1.82, 2.24) is 0 Å². The smallest absolute Gasteiger partial charge is 0.195 e. The van der Waals surface area contributed by atoms with Gasteiger partial charge in [-0.15, -0.1) is 0 Å². The van der Waals surface area contributed by atoms with Crippen molar-refractivity contribution in [2.45, 2.75) is 12.7 Å². The third kappa shape index (κ3) is 4.40. The minimum atomic E-state index is -3.15. The molecule has 0 aromatic heterocycles. The lowest BCUT2D eigenvalue weighted by molar-refractivity contribution is 0.103. The fraction of sp³-hybridized carbons (Fsp3) is 0.188. The Morgan fingerprint density at radius 2 is 1.83 bits per heavy atom. The first kappa shape index (κ1) is 18.1. The molecule has 2 rings (SSSR count). The lowest BCUT2D eigenvalue weighted by atomic mass is 10.0. The van der Waals surface area contributed by atoms with E-state index in [1.54, 1.807) is 19.1 Å². The molecular formula is C16H13BrClFO3S. The second-order valence-corrected chi connectivity index (χ2v) is 8.56. The normalized spacial score (nSPS) is 11.5. The molecule has 0 aliphatic carbocycles. The monoisotopic (exact) mass is 418 g/mol. The van der Waals surface area contributed by atoms with Gasteiger partial charge in [-0.1, -0.05) is 40.5 Å². The van der Waals surface area contributed by atoms with E-state index in [4.69, 9.17) is 11.6 Å². The zero-order valence-corrected chi connectivity index (χ0v) is 15.3. The van der Waals surface area contributed by atoms with Gasteiger partial charge in [0.15, 0.2) is 15.6 Å². The summed E-state index contributed by atoms with van der Waals surface area (Å²) in [6.07, 6.45) is 0. The third-order valence-corrected chi connectivity index (χ3v) is 5.90. The summed E-state index contributed by atoms with van der Waals surface area (Å²) in [5, 5.41) is 0.0273. The average Bonchev–Trinajstić information content (AvgIpc) is 2.46. The van der Waals surface area contributed by atoms with Crippen molar-refractivity contribution in [3.8, 4) is 0 Å². The number of carbonyl (C=O) groups is 1. The van der Waals surface area contributed by atoms with Crippen molar-refractivity contribution in [3.63, 3.8) is 0 Å². The molecule has 3 nitrogen and oxygen atoms in total. The maximum absolute atomic E-state index is 13.1. The van der Waals surface area contributed by atoms with Crippen LogP contribution in [-0.2, 0) is 15.6 Å². The topological polar surface area (TPSA) is 51.2 Å². The second kappa shape index (κ2) is 7.11. The van der Waals surface area contributed by atoms with Crippen LogP contribution in [0.4, 0.5) is 4.39 Å². The number of sulfone groups is 1. The zero-order valence-electron chi connectivity index (χ0n) is 12.1. The number of ketones is 1. The number of benzene rings is 2. The van der Waals surface area contributed by atoms with Gasteiger partial charge in [-0.3, -0.25) is 4.79 Å². The van der Waals surface area contributed by atoms with E-state index in [-0.39, 0.29) is 27.9 Å². The Hall–Kier alpha value is -1.24. The molecule has 0 unspecified atom stereocenters. The van der Waals surface area contributed by atoms with Gasteiger partial charge in [0.1, 0.15) is 5.82 Å². The maximum Gasteiger partial charge on any atom is 0.195 e. The van der Waals surface area contributed by atoms with Crippen molar-refractivity contribution < 1.29 is 17.6 Å². The molecule has 0 atom stereocenters. The minimum Gasteiger partial charge on any atom is -0.289 e. The first-order valence-corrected chi connectivity index (χ1v) is 9.71. The van der Waals surface area contributed by atoms with E-state index in [9.17, 15) is 17.6 Å². The van der Waals surface area contributed by atoms with Crippen molar-refractivity contribution in [2.24, 2.45) is 0 Å². The molecule has 2 aromatic rings. The van der Waals surface area contributed by atoms with Crippen LogP contribution in [0.5, 0.6) is 0 Å². The predicted molar refractivity (Wildman–Crippen MR) is 92.1 cm³/mol. The third-order valence-electron chi connectivity index (χ3n) is 3.28. The van der Waals surface area contributed by atoms with Crippen LogP contribution < -0.4 is 0 Å². The molecule has 0 heterocycles. The Morgan fingerprint density at radius 3 is 2.39 bits per heavy atom. The van der Waals surface area contributed by atoms with Gasteiger partial charge in [-0.25, -0.2) is 12.8 Å². The molecule has 0 bridgehead atoms. The number of hydrogen-bond acceptors (Lipinski definition) is 3. The Bertz CT molecular complexity index is 866. The highest BCUT2D eigenvalue weighted by molar-refractivity contribution is 9.10. The highest BCUT2D eigenvalue weighted by Gasteiger charge is 2.17. The van der Waals surface area contributed by atoms with E-state index in [1.807, 2.05) is 0 Å². The molecule has 7 heteroatoms. The number of carbonyl (C=O) groups excluding carboxylic acids is 1. The zero-order chi connectivity index (χ0) is 17.2. The van der Waals surface area contributed by atoms with Gasteiger partial charge < -0.3 is 0 Å². The van der Waals surface area contributed by atoms with Gasteiger partial charge in [-0.2, -0.15) is 0 Å². The van der Waals surface area contributed by atoms with E-state index in [2.05, 4.69) is 15.9 Å². The van der Waals surface area contributed by atoms with Crippen molar-refractivity contribution in [1.29, 1.82) is 0 Å². The number of halogens is 3. The number of rotatable bonds is 5. The van der Waals surface area contributed by atoms with Crippen LogP contribution in [0.1, 0.15) is 28.4 Å². The van der Waals surface area contributed by atoms with Crippen LogP contribution >= 0.6 is 27.5 Å². The fourth-order valence-corrected chi connectivity index (χ4v) is 3.76. The Balaban J connectivity index is 2.35. The van der Waals surface area contributed by atoms with E-state index < -0.39 is 15.7 Å². The van der Waals surface area contributed by atoms with E-state index in [0.29, 0.717) is 15.6 Å². The molecule has 0 fully saturated rings. The lowest BCUT2D eigenvalue weighted by Crippen LogP contribution is -2.08. The van der Waals surface area contributed by atoms with Gasteiger partial charge >= 0.3 is 0 Å². The standard InChI is InChI=1S/C16H13BrClFO3S/c1-2-23(21,22)9-10-3-5-12(14(17)7-10)16(20)13-6-4-11(19)8-15(13)18/h3-8H,2,9H2,1H3. The number of hydrogen-bond donors (Lipinski definition) is 0. The lowest BCUT2D eigenvalue weighted by Gasteiger charge is -2.08. The molecule has 2 aromatic carbocycles. The first-order valence-electron chi connectivity index (χ1n) is 6.72. The van der Waals surface area contributed by atoms with Crippen LogP contribution in [0.3, 0.4) is 0 Å². The van der Waals surface area contributed by atoms with Crippen molar-refractivity contribution in [2.75, 3.05) is 5.75 Å².